The second-order valence-electron chi connectivity index (χ2n) is 10.4. The molecule has 0 bridgehead atoms. The normalized spacial score (nSPS) is 27.0. The van der Waals surface area contributed by atoms with Crippen LogP contribution in [0.3, 0.4) is 0 Å². The van der Waals surface area contributed by atoms with Gasteiger partial charge in [-0.25, -0.2) is 8.78 Å². The first kappa shape index (κ1) is 22.7. The molecule has 2 aromatic carbocycles. The number of hydrogen-bond donors (Lipinski definition) is 0. The molecular formula is C29H40F2. The topological polar surface area (TPSA) is 0 Å². The molecule has 0 radical (unpaired) electrons. The van der Waals surface area contributed by atoms with E-state index in [1.165, 1.54) is 64.2 Å². The molecule has 2 aliphatic rings. The highest BCUT2D eigenvalue weighted by atomic mass is 19.2. The van der Waals surface area contributed by atoms with E-state index in [4.69, 9.17) is 0 Å². The molecule has 2 fully saturated rings. The molecule has 0 N–H and O–H groups in total. The van der Waals surface area contributed by atoms with Crippen molar-refractivity contribution in [1.29, 1.82) is 0 Å². The highest BCUT2D eigenvalue weighted by Gasteiger charge is 2.32. The van der Waals surface area contributed by atoms with E-state index in [2.05, 4.69) is 6.92 Å². The first-order valence-corrected chi connectivity index (χ1v) is 13.0. The van der Waals surface area contributed by atoms with Gasteiger partial charge in [0.2, 0.25) is 0 Å². The van der Waals surface area contributed by atoms with Gasteiger partial charge in [-0.1, -0.05) is 64.5 Å². The van der Waals surface area contributed by atoms with Crippen LogP contribution in [0, 0.1) is 29.4 Å². The molecule has 2 heteroatoms. The molecule has 0 atom stereocenters. The number of halogens is 2. The zero-order chi connectivity index (χ0) is 21.8. The SMILES string of the molecule is CCCCCC1CCC(C2CCC(c3cc4ccc(CC)cc4c(F)c3F)CC2)CC1. The molecule has 0 aromatic heterocycles. The minimum absolute atomic E-state index is 0.173. The summed E-state index contributed by atoms with van der Waals surface area (Å²) in [5.74, 6) is 1.55. The van der Waals surface area contributed by atoms with Crippen LogP contribution < -0.4 is 0 Å². The Morgan fingerprint density at radius 1 is 0.774 bits per heavy atom. The van der Waals surface area contributed by atoms with E-state index in [0.717, 1.165) is 48.0 Å². The van der Waals surface area contributed by atoms with E-state index in [1.807, 2.05) is 31.2 Å². The first-order valence-electron chi connectivity index (χ1n) is 13.0. The lowest BCUT2D eigenvalue weighted by Gasteiger charge is -2.38. The third-order valence-electron chi connectivity index (χ3n) is 8.51. The molecule has 0 nitrogen and oxygen atoms in total. The van der Waals surface area contributed by atoms with Crippen molar-refractivity contribution >= 4 is 10.8 Å². The monoisotopic (exact) mass is 426 g/mol. The minimum atomic E-state index is -0.647. The van der Waals surface area contributed by atoms with Gasteiger partial charge in [-0.3, -0.25) is 0 Å². The van der Waals surface area contributed by atoms with Crippen LogP contribution in [0.2, 0.25) is 0 Å². The lowest BCUT2D eigenvalue weighted by molar-refractivity contribution is 0.155. The summed E-state index contributed by atoms with van der Waals surface area (Å²) in [5.41, 5.74) is 1.67. The van der Waals surface area contributed by atoms with Crippen LogP contribution in [0.4, 0.5) is 8.78 Å². The van der Waals surface area contributed by atoms with E-state index in [0.29, 0.717) is 10.9 Å². The largest absolute Gasteiger partial charge is 0.203 e. The molecule has 4 rings (SSSR count). The van der Waals surface area contributed by atoms with Crippen LogP contribution in [0.1, 0.15) is 108 Å². The van der Waals surface area contributed by atoms with Gasteiger partial charge in [0.25, 0.3) is 0 Å². The Kier molecular flexibility index (Phi) is 7.67. The second-order valence-corrected chi connectivity index (χ2v) is 10.4. The molecular weight excluding hydrogens is 386 g/mol. The fraction of sp³-hybridized carbons (Fsp3) is 0.655. The highest BCUT2D eigenvalue weighted by Crippen LogP contribution is 2.45. The standard InChI is InChI=1S/C29H40F2/c1-3-5-6-7-21-9-11-22(12-10-21)23-14-16-24(17-15-23)27-19-25-13-8-20(4-2)18-26(25)28(30)29(27)31/h8,13,18-19,21-24H,3-7,9-12,14-17H2,1-2H3. The lowest BCUT2D eigenvalue weighted by Crippen LogP contribution is -2.25. The number of benzene rings is 2. The summed E-state index contributed by atoms with van der Waals surface area (Å²) in [7, 11) is 0. The molecule has 31 heavy (non-hydrogen) atoms. The van der Waals surface area contributed by atoms with Gasteiger partial charge in [-0.05, 0) is 97.3 Å². The average Bonchev–Trinajstić information content (AvgIpc) is 2.82. The summed E-state index contributed by atoms with van der Waals surface area (Å²) in [6.07, 6.45) is 16.4. The summed E-state index contributed by atoms with van der Waals surface area (Å²) in [6.45, 7) is 4.33. The third kappa shape index (κ3) is 5.15. The van der Waals surface area contributed by atoms with Crippen molar-refractivity contribution in [1.82, 2.24) is 0 Å². The van der Waals surface area contributed by atoms with Gasteiger partial charge < -0.3 is 0 Å². The zero-order valence-corrected chi connectivity index (χ0v) is 19.6. The zero-order valence-electron chi connectivity index (χ0n) is 19.6. The Hall–Kier alpha value is -1.44. The van der Waals surface area contributed by atoms with E-state index in [9.17, 15) is 8.78 Å². The van der Waals surface area contributed by atoms with Crippen molar-refractivity contribution in [3.05, 3.63) is 47.0 Å². The summed E-state index contributed by atoms with van der Waals surface area (Å²) >= 11 is 0. The van der Waals surface area contributed by atoms with Crippen molar-refractivity contribution in [2.24, 2.45) is 17.8 Å². The molecule has 0 aliphatic heterocycles. The minimum Gasteiger partial charge on any atom is -0.203 e. The van der Waals surface area contributed by atoms with Crippen LogP contribution in [-0.2, 0) is 6.42 Å². The molecule has 0 unspecified atom stereocenters. The first-order chi connectivity index (χ1) is 15.1. The van der Waals surface area contributed by atoms with Gasteiger partial charge in [-0.15, -0.1) is 0 Å². The Balaban J connectivity index is 1.36. The maximum Gasteiger partial charge on any atom is 0.166 e. The summed E-state index contributed by atoms with van der Waals surface area (Å²) in [5, 5.41) is 1.28. The molecule has 0 amide bonds. The number of fused-ring (bicyclic) bond motifs is 1. The number of unbranched alkanes of at least 4 members (excludes halogenated alkanes) is 2. The maximum atomic E-state index is 15.0. The van der Waals surface area contributed by atoms with Gasteiger partial charge in [0, 0.05) is 5.39 Å². The summed E-state index contributed by atoms with van der Waals surface area (Å²) < 4.78 is 29.9. The maximum absolute atomic E-state index is 15.0. The predicted molar refractivity (Wildman–Crippen MR) is 128 cm³/mol. The van der Waals surface area contributed by atoms with Crippen LogP contribution in [-0.4, -0.2) is 0 Å². The molecule has 2 saturated carbocycles. The Morgan fingerprint density at radius 2 is 1.45 bits per heavy atom. The van der Waals surface area contributed by atoms with Crippen LogP contribution >= 0.6 is 0 Å². The van der Waals surface area contributed by atoms with E-state index in [1.54, 1.807) is 0 Å². The Labute approximate surface area is 187 Å². The van der Waals surface area contributed by atoms with Crippen molar-refractivity contribution in [3.8, 4) is 0 Å². The van der Waals surface area contributed by atoms with Gasteiger partial charge in [0.15, 0.2) is 11.6 Å². The number of aryl methyl sites for hydroxylation is 1. The van der Waals surface area contributed by atoms with Gasteiger partial charge in [-0.2, -0.15) is 0 Å². The van der Waals surface area contributed by atoms with Crippen molar-refractivity contribution in [3.63, 3.8) is 0 Å². The predicted octanol–water partition coefficient (Wildman–Crippen LogP) is 9.34. The summed E-state index contributed by atoms with van der Waals surface area (Å²) in [4.78, 5) is 0. The molecule has 2 aliphatic carbocycles. The smallest absolute Gasteiger partial charge is 0.166 e. The number of rotatable bonds is 7. The summed E-state index contributed by atoms with van der Waals surface area (Å²) in [6, 6.07) is 7.75. The fourth-order valence-corrected chi connectivity index (χ4v) is 6.45. The van der Waals surface area contributed by atoms with Crippen LogP contribution in [0.5, 0.6) is 0 Å². The molecule has 170 valence electrons. The molecule has 0 saturated heterocycles. The van der Waals surface area contributed by atoms with Crippen LogP contribution in [0.15, 0.2) is 24.3 Å². The van der Waals surface area contributed by atoms with Crippen molar-refractivity contribution in [2.75, 3.05) is 0 Å². The number of hydrogen-bond acceptors (Lipinski definition) is 0. The molecule has 2 aromatic rings. The van der Waals surface area contributed by atoms with Crippen LogP contribution in [0.25, 0.3) is 10.8 Å². The van der Waals surface area contributed by atoms with Crippen molar-refractivity contribution < 1.29 is 8.78 Å². The average molecular weight is 427 g/mol. The Morgan fingerprint density at radius 3 is 2.10 bits per heavy atom. The second kappa shape index (κ2) is 10.5. The fourth-order valence-electron chi connectivity index (χ4n) is 6.45. The lowest BCUT2D eigenvalue weighted by atomic mass is 9.68. The van der Waals surface area contributed by atoms with Crippen molar-refractivity contribution in [2.45, 2.75) is 103 Å². The van der Waals surface area contributed by atoms with E-state index < -0.39 is 11.6 Å². The highest BCUT2D eigenvalue weighted by molar-refractivity contribution is 5.85. The Bertz CT molecular complexity index is 855. The van der Waals surface area contributed by atoms with E-state index >= 15 is 0 Å². The van der Waals surface area contributed by atoms with Gasteiger partial charge in [0.05, 0.1) is 0 Å². The molecule has 0 heterocycles. The quantitative estimate of drug-likeness (QED) is 0.387. The van der Waals surface area contributed by atoms with E-state index in [-0.39, 0.29) is 5.92 Å². The molecule has 0 spiro atoms. The third-order valence-corrected chi connectivity index (χ3v) is 8.51. The van der Waals surface area contributed by atoms with Gasteiger partial charge in [0.1, 0.15) is 0 Å². The van der Waals surface area contributed by atoms with Gasteiger partial charge >= 0.3 is 0 Å².